The van der Waals surface area contributed by atoms with Crippen LogP contribution in [0.15, 0.2) is 18.2 Å². The number of halogens is 2. The van der Waals surface area contributed by atoms with Gasteiger partial charge < -0.3 is 9.84 Å². The third-order valence-corrected chi connectivity index (χ3v) is 2.33. The van der Waals surface area contributed by atoms with Gasteiger partial charge in [-0.15, -0.1) is 0 Å². The molecule has 0 aliphatic rings. The van der Waals surface area contributed by atoms with E-state index in [1.165, 1.54) is 19.2 Å². The van der Waals surface area contributed by atoms with Crippen molar-refractivity contribution < 1.29 is 18.6 Å². The summed E-state index contributed by atoms with van der Waals surface area (Å²) in [5.74, 6) is 0.207. The Morgan fingerprint density at radius 2 is 2.00 bits per heavy atom. The fourth-order valence-corrected chi connectivity index (χ4v) is 1.40. The Morgan fingerprint density at radius 3 is 2.47 bits per heavy atom. The monoisotopic (exact) mass is 216 g/mol. The first-order valence-corrected chi connectivity index (χ1v) is 4.67. The number of hydrogen-bond acceptors (Lipinski definition) is 2. The van der Waals surface area contributed by atoms with Crippen molar-refractivity contribution in [2.24, 2.45) is 0 Å². The zero-order valence-corrected chi connectivity index (χ0v) is 8.71. The van der Waals surface area contributed by atoms with Gasteiger partial charge in [0.25, 0.3) is 6.43 Å². The van der Waals surface area contributed by atoms with Gasteiger partial charge in [-0.3, -0.25) is 0 Å². The van der Waals surface area contributed by atoms with E-state index in [-0.39, 0.29) is 18.1 Å². The van der Waals surface area contributed by atoms with Gasteiger partial charge in [0.1, 0.15) is 5.75 Å². The zero-order valence-electron chi connectivity index (χ0n) is 8.71. The summed E-state index contributed by atoms with van der Waals surface area (Å²) in [6.07, 6.45) is -2.53. The van der Waals surface area contributed by atoms with Crippen molar-refractivity contribution in [3.63, 3.8) is 0 Å². The third kappa shape index (κ3) is 2.65. The van der Waals surface area contributed by atoms with Crippen molar-refractivity contribution in [1.29, 1.82) is 0 Å². The molecule has 84 valence electrons. The molecule has 0 saturated carbocycles. The quantitative estimate of drug-likeness (QED) is 0.838. The Balaban J connectivity index is 3.16. The Bertz CT molecular complexity index is 326. The van der Waals surface area contributed by atoms with Gasteiger partial charge in [-0.05, 0) is 23.8 Å². The predicted molar refractivity (Wildman–Crippen MR) is 53.5 cm³/mol. The zero-order chi connectivity index (χ0) is 11.4. The molecule has 2 nitrogen and oxygen atoms in total. The van der Waals surface area contributed by atoms with Gasteiger partial charge in [-0.25, -0.2) is 8.78 Å². The molecule has 0 spiro atoms. The molecule has 0 aromatic heterocycles. The van der Waals surface area contributed by atoms with E-state index in [0.717, 1.165) is 0 Å². The van der Waals surface area contributed by atoms with Crippen LogP contribution >= 0.6 is 0 Å². The van der Waals surface area contributed by atoms with Gasteiger partial charge in [0, 0.05) is 18.1 Å². The fraction of sp³-hybridized carbons (Fsp3) is 0.455. The molecule has 1 N–H and O–H groups in total. The summed E-state index contributed by atoms with van der Waals surface area (Å²) in [5.41, 5.74) is 0.393. The van der Waals surface area contributed by atoms with Crippen LogP contribution in [0.25, 0.3) is 0 Å². The minimum atomic E-state index is -2.53. The fourth-order valence-electron chi connectivity index (χ4n) is 1.40. The van der Waals surface area contributed by atoms with Crippen LogP contribution in [-0.2, 0) is 0 Å². The number of aliphatic hydroxyl groups is 1. The summed E-state index contributed by atoms with van der Waals surface area (Å²) in [6.45, 7) is 1.54. The standard InChI is InChI=1S/C11H14F2O2/c1-7(6-14)10-5-8(15-2)3-4-9(10)11(12)13/h3-5,7,11,14H,6H2,1-2H3. The van der Waals surface area contributed by atoms with E-state index in [1.807, 2.05) is 0 Å². The second-order valence-electron chi connectivity index (χ2n) is 3.38. The molecule has 1 atom stereocenters. The lowest BCUT2D eigenvalue weighted by Crippen LogP contribution is -2.04. The highest BCUT2D eigenvalue weighted by Crippen LogP contribution is 2.31. The van der Waals surface area contributed by atoms with Crippen LogP contribution in [0.2, 0.25) is 0 Å². The van der Waals surface area contributed by atoms with E-state index in [1.54, 1.807) is 13.0 Å². The molecule has 15 heavy (non-hydrogen) atoms. The number of aliphatic hydroxyl groups excluding tert-OH is 1. The molecule has 1 unspecified atom stereocenters. The maximum absolute atomic E-state index is 12.6. The molecule has 0 heterocycles. The normalized spacial score (nSPS) is 12.9. The van der Waals surface area contributed by atoms with Crippen LogP contribution < -0.4 is 4.74 Å². The Labute approximate surface area is 87.5 Å². The molecule has 1 rings (SSSR count). The first-order chi connectivity index (χ1) is 7.10. The van der Waals surface area contributed by atoms with Crippen LogP contribution in [0.1, 0.15) is 30.4 Å². The van der Waals surface area contributed by atoms with E-state index in [2.05, 4.69) is 0 Å². The van der Waals surface area contributed by atoms with Crippen LogP contribution in [0.3, 0.4) is 0 Å². The Hall–Kier alpha value is -1.16. The van der Waals surface area contributed by atoms with E-state index < -0.39 is 6.43 Å². The van der Waals surface area contributed by atoms with E-state index in [9.17, 15) is 8.78 Å². The van der Waals surface area contributed by atoms with Crippen molar-refractivity contribution in [2.75, 3.05) is 13.7 Å². The van der Waals surface area contributed by atoms with Gasteiger partial charge in [-0.2, -0.15) is 0 Å². The lowest BCUT2D eigenvalue weighted by molar-refractivity contribution is 0.148. The average molecular weight is 216 g/mol. The summed E-state index contributed by atoms with van der Waals surface area (Å²) in [5, 5.41) is 8.97. The van der Waals surface area contributed by atoms with Crippen LogP contribution in [0.5, 0.6) is 5.75 Å². The van der Waals surface area contributed by atoms with Crippen molar-refractivity contribution in [1.82, 2.24) is 0 Å². The van der Waals surface area contributed by atoms with E-state index in [4.69, 9.17) is 9.84 Å². The summed E-state index contributed by atoms with van der Waals surface area (Å²) >= 11 is 0. The molecule has 1 aromatic carbocycles. The van der Waals surface area contributed by atoms with Gasteiger partial charge in [-0.1, -0.05) is 6.92 Å². The number of ether oxygens (including phenoxy) is 1. The Kier molecular flexibility index (Phi) is 4.03. The number of benzene rings is 1. The maximum atomic E-state index is 12.6. The number of rotatable bonds is 4. The van der Waals surface area contributed by atoms with E-state index in [0.29, 0.717) is 11.3 Å². The van der Waals surface area contributed by atoms with Gasteiger partial charge in [0.2, 0.25) is 0 Å². The van der Waals surface area contributed by atoms with E-state index >= 15 is 0 Å². The highest BCUT2D eigenvalue weighted by atomic mass is 19.3. The molecule has 0 amide bonds. The van der Waals surface area contributed by atoms with Crippen molar-refractivity contribution in [3.8, 4) is 5.75 Å². The average Bonchev–Trinajstić information content (AvgIpc) is 2.26. The SMILES string of the molecule is COc1ccc(C(F)F)c(C(C)CO)c1. The predicted octanol–water partition coefficient (Wildman–Crippen LogP) is 2.73. The lowest BCUT2D eigenvalue weighted by Gasteiger charge is -2.15. The third-order valence-electron chi connectivity index (χ3n) is 2.33. The first-order valence-electron chi connectivity index (χ1n) is 4.67. The van der Waals surface area contributed by atoms with Gasteiger partial charge >= 0.3 is 0 Å². The van der Waals surface area contributed by atoms with Gasteiger partial charge in [0.15, 0.2) is 0 Å². The van der Waals surface area contributed by atoms with Crippen LogP contribution in [-0.4, -0.2) is 18.8 Å². The smallest absolute Gasteiger partial charge is 0.264 e. The first kappa shape index (κ1) is 11.9. The molecule has 0 aliphatic heterocycles. The molecule has 0 radical (unpaired) electrons. The minimum absolute atomic E-state index is 0.0441. The van der Waals surface area contributed by atoms with Crippen LogP contribution in [0, 0.1) is 0 Å². The molecule has 0 aliphatic carbocycles. The minimum Gasteiger partial charge on any atom is -0.497 e. The number of alkyl halides is 2. The van der Waals surface area contributed by atoms with Gasteiger partial charge in [0.05, 0.1) is 7.11 Å². The summed E-state index contributed by atoms with van der Waals surface area (Å²) in [4.78, 5) is 0. The largest absolute Gasteiger partial charge is 0.497 e. The summed E-state index contributed by atoms with van der Waals surface area (Å²) in [6, 6.07) is 4.38. The molecule has 0 bridgehead atoms. The van der Waals surface area contributed by atoms with Crippen LogP contribution in [0.4, 0.5) is 8.78 Å². The molecule has 1 aromatic rings. The molecule has 4 heteroatoms. The number of hydrogen-bond donors (Lipinski definition) is 1. The topological polar surface area (TPSA) is 29.5 Å². The molecular formula is C11H14F2O2. The molecular weight excluding hydrogens is 202 g/mol. The lowest BCUT2D eigenvalue weighted by atomic mass is 9.96. The maximum Gasteiger partial charge on any atom is 0.264 e. The summed E-state index contributed by atoms with van der Waals surface area (Å²) in [7, 11) is 1.48. The van der Waals surface area contributed by atoms with Crippen molar-refractivity contribution >= 4 is 0 Å². The highest BCUT2D eigenvalue weighted by molar-refractivity contribution is 5.38. The molecule has 0 fully saturated rings. The Morgan fingerprint density at radius 1 is 1.33 bits per heavy atom. The highest BCUT2D eigenvalue weighted by Gasteiger charge is 2.17. The van der Waals surface area contributed by atoms with Crippen molar-refractivity contribution in [2.45, 2.75) is 19.3 Å². The van der Waals surface area contributed by atoms with Crippen molar-refractivity contribution in [3.05, 3.63) is 29.3 Å². The number of methoxy groups -OCH3 is 1. The summed E-state index contributed by atoms with van der Waals surface area (Å²) < 4.78 is 30.2. The second kappa shape index (κ2) is 5.07. The second-order valence-corrected chi connectivity index (χ2v) is 3.38. The molecule has 0 saturated heterocycles.